The second kappa shape index (κ2) is 5.12. The van der Waals surface area contributed by atoms with Crippen LogP contribution in [0.3, 0.4) is 0 Å². The SMILES string of the molecule is Cc1cnc2c(c1)nc(CCl)n2CC1CCC(C)C1. The first-order valence-electron chi connectivity index (χ1n) is 7.05. The number of hydrogen-bond donors (Lipinski definition) is 0. The molecular formula is C15H20ClN3. The summed E-state index contributed by atoms with van der Waals surface area (Å²) >= 11 is 6.05. The Morgan fingerprint density at radius 2 is 2.26 bits per heavy atom. The third-order valence-corrected chi connectivity index (χ3v) is 4.40. The monoisotopic (exact) mass is 277 g/mol. The summed E-state index contributed by atoms with van der Waals surface area (Å²) in [6.07, 6.45) is 5.89. The Morgan fingerprint density at radius 1 is 1.42 bits per heavy atom. The van der Waals surface area contributed by atoms with Gasteiger partial charge < -0.3 is 4.57 Å². The zero-order valence-corrected chi connectivity index (χ0v) is 12.3. The smallest absolute Gasteiger partial charge is 0.160 e. The number of hydrogen-bond acceptors (Lipinski definition) is 2. The number of nitrogens with zero attached hydrogens (tertiary/aromatic N) is 3. The van der Waals surface area contributed by atoms with E-state index in [9.17, 15) is 0 Å². The minimum Gasteiger partial charge on any atom is -0.311 e. The summed E-state index contributed by atoms with van der Waals surface area (Å²) in [7, 11) is 0. The Kier molecular flexibility index (Phi) is 3.48. The average Bonchev–Trinajstić information content (AvgIpc) is 2.94. The van der Waals surface area contributed by atoms with Gasteiger partial charge in [-0.1, -0.05) is 13.3 Å². The topological polar surface area (TPSA) is 30.7 Å². The predicted molar refractivity (Wildman–Crippen MR) is 78.3 cm³/mol. The summed E-state index contributed by atoms with van der Waals surface area (Å²) in [6.45, 7) is 5.40. The third-order valence-electron chi connectivity index (χ3n) is 4.16. The van der Waals surface area contributed by atoms with Crippen LogP contribution in [0.1, 0.15) is 37.6 Å². The van der Waals surface area contributed by atoms with Gasteiger partial charge in [-0.15, -0.1) is 11.6 Å². The molecular weight excluding hydrogens is 258 g/mol. The number of rotatable bonds is 3. The van der Waals surface area contributed by atoms with Crippen molar-refractivity contribution in [3.8, 4) is 0 Å². The summed E-state index contributed by atoms with van der Waals surface area (Å²) in [5, 5.41) is 0. The first-order chi connectivity index (χ1) is 9.17. The second-order valence-electron chi connectivity index (χ2n) is 5.91. The molecule has 2 unspecified atom stereocenters. The minimum atomic E-state index is 0.456. The molecule has 102 valence electrons. The fourth-order valence-electron chi connectivity index (χ4n) is 3.20. The molecule has 0 saturated heterocycles. The molecule has 4 heteroatoms. The van der Waals surface area contributed by atoms with E-state index in [0.717, 1.165) is 40.9 Å². The summed E-state index contributed by atoms with van der Waals surface area (Å²) in [5.41, 5.74) is 3.11. The van der Waals surface area contributed by atoms with Crippen LogP contribution in [0.2, 0.25) is 0 Å². The molecule has 0 aromatic carbocycles. The molecule has 0 amide bonds. The van der Waals surface area contributed by atoms with Crippen molar-refractivity contribution in [2.45, 2.75) is 45.5 Å². The van der Waals surface area contributed by atoms with Crippen LogP contribution in [0.5, 0.6) is 0 Å². The lowest BCUT2D eigenvalue weighted by Crippen LogP contribution is -2.11. The summed E-state index contributed by atoms with van der Waals surface area (Å²) < 4.78 is 2.23. The lowest BCUT2D eigenvalue weighted by Gasteiger charge is -2.13. The van der Waals surface area contributed by atoms with Gasteiger partial charge in [0, 0.05) is 12.7 Å². The molecule has 0 bridgehead atoms. The largest absolute Gasteiger partial charge is 0.311 e. The van der Waals surface area contributed by atoms with Crippen LogP contribution in [-0.4, -0.2) is 14.5 Å². The zero-order chi connectivity index (χ0) is 13.4. The van der Waals surface area contributed by atoms with Gasteiger partial charge in [0.2, 0.25) is 0 Å². The number of fused-ring (bicyclic) bond motifs is 1. The van der Waals surface area contributed by atoms with Crippen LogP contribution in [0.15, 0.2) is 12.3 Å². The van der Waals surface area contributed by atoms with Crippen molar-refractivity contribution in [2.24, 2.45) is 11.8 Å². The number of pyridine rings is 1. The fourth-order valence-corrected chi connectivity index (χ4v) is 3.41. The summed E-state index contributed by atoms with van der Waals surface area (Å²) in [5.74, 6) is 3.01. The lowest BCUT2D eigenvalue weighted by molar-refractivity contribution is 0.440. The van der Waals surface area contributed by atoms with Crippen molar-refractivity contribution in [3.05, 3.63) is 23.7 Å². The van der Waals surface area contributed by atoms with E-state index < -0.39 is 0 Å². The molecule has 19 heavy (non-hydrogen) atoms. The van der Waals surface area contributed by atoms with Gasteiger partial charge >= 0.3 is 0 Å². The Labute approximate surface area is 119 Å². The number of halogens is 1. The standard InChI is InChI=1S/C15H20ClN3/c1-10-3-4-12(5-10)9-19-14(7-16)18-13-6-11(2)8-17-15(13)19/h6,8,10,12H,3-5,7,9H2,1-2H3. The van der Waals surface area contributed by atoms with Crippen LogP contribution in [0.4, 0.5) is 0 Å². The van der Waals surface area contributed by atoms with Crippen molar-refractivity contribution in [1.82, 2.24) is 14.5 Å². The molecule has 0 aliphatic heterocycles. The molecule has 2 heterocycles. The average molecular weight is 278 g/mol. The van der Waals surface area contributed by atoms with Crippen molar-refractivity contribution in [3.63, 3.8) is 0 Å². The normalized spacial score (nSPS) is 23.3. The Balaban J connectivity index is 1.96. The molecule has 1 aliphatic carbocycles. The van der Waals surface area contributed by atoms with E-state index in [0.29, 0.717) is 5.88 Å². The van der Waals surface area contributed by atoms with Crippen LogP contribution < -0.4 is 0 Å². The van der Waals surface area contributed by atoms with E-state index in [1.807, 2.05) is 13.1 Å². The molecule has 2 aromatic heterocycles. The molecule has 1 fully saturated rings. The third kappa shape index (κ3) is 2.48. The van der Waals surface area contributed by atoms with Gasteiger partial charge in [-0.2, -0.15) is 0 Å². The van der Waals surface area contributed by atoms with Crippen LogP contribution in [0, 0.1) is 18.8 Å². The summed E-state index contributed by atoms with van der Waals surface area (Å²) in [4.78, 5) is 9.17. The quantitative estimate of drug-likeness (QED) is 0.796. The molecule has 1 aliphatic rings. The van der Waals surface area contributed by atoms with Gasteiger partial charge in [-0.25, -0.2) is 9.97 Å². The van der Waals surface area contributed by atoms with E-state index >= 15 is 0 Å². The highest BCUT2D eigenvalue weighted by molar-refractivity contribution is 6.16. The molecule has 0 radical (unpaired) electrons. The fraction of sp³-hybridized carbons (Fsp3) is 0.600. The van der Waals surface area contributed by atoms with Crippen molar-refractivity contribution in [2.75, 3.05) is 0 Å². The van der Waals surface area contributed by atoms with Gasteiger partial charge in [-0.05, 0) is 43.2 Å². The highest BCUT2D eigenvalue weighted by Crippen LogP contribution is 2.32. The zero-order valence-electron chi connectivity index (χ0n) is 11.6. The Hall–Kier alpha value is -1.09. The first kappa shape index (κ1) is 12.9. The van der Waals surface area contributed by atoms with Gasteiger partial charge in [-0.3, -0.25) is 0 Å². The van der Waals surface area contributed by atoms with Crippen molar-refractivity contribution < 1.29 is 0 Å². The maximum absolute atomic E-state index is 6.05. The van der Waals surface area contributed by atoms with Crippen molar-refractivity contribution >= 4 is 22.8 Å². The van der Waals surface area contributed by atoms with Crippen LogP contribution in [-0.2, 0) is 12.4 Å². The molecule has 2 atom stereocenters. The van der Waals surface area contributed by atoms with E-state index in [-0.39, 0.29) is 0 Å². The highest BCUT2D eigenvalue weighted by Gasteiger charge is 2.23. The molecule has 0 N–H and O–H groups in total. The highest BCUT2D eigenvalue weighted by atomic mass is 35.5. The Morgan fingerprint density at radius 3 is 2.95 bits per heavy atom. The maximum Gasteiger partial charge on any atom is 0.160 e. The number of imidazole rings is 1. The van der Waals surface area contributed by atoms with Crippen LogP contribution >= 0.6 is 11.6 Å². The van der Waals surface area contributed by atoms with E-state index in [2.05, 4.69) is 27.5 Å². The minimum absolute atomic E-state index is 0.456. The second-order valence-corrected chi connectivity index (χ2v) is 6.18. The number of aryl methyl sites for hydroxylation is 1. The van der Waals surface area contributed by atoms with E-state index in [1.54, 1.807) is 0 Å². The van der Waals surface area contributed by atoms with Crippen molar-refractivity contribution in [1.29, 1.82) is 0 Å². The van der Waals surface area contributed by atoms with Gasteiger partial charge in [0.25, 0.3) is 0 Å². The first-order valence-corrected chi connectivity index (χ1v) is 7.58. The number of aromatic nitrogens is 3. The molecule has 3 rings (SSSR count). The Bertz CT molecular complexity index is 590. The van der Waals surface area contributed by atoms with Gasteiger partial charge in [0.15, 0.2) is 5.65 Å². The predicted octanol–water partition coefficient (Wildman–Crippen LogP) is 3.91. The van der Waals surface area contributed by atoms with E-state index in [4.69, 9.17) is 11.6 Å². The molecule has 1 saturated carbocycles. The number of alkyl halides is 1. The maximum atomic E-state index is 6.05. The van der Waals surface area contributed by atoms with E-state index in [1.165, 1.54) is 19.3 Å². The molecule has 3 nitrogen and oxygen atoms in total. The molecule has 2 aromatic rings. The summed E-state index contributed by atoms with van der Waals surface area (Å²) in [6, 6.07) is 2.09. The van der Waals surface area contributed by atoms with Crippen LogP contribution in [0.25, 0.3) is 11.2 Å². The lowest BCUT2D eigenvalue weighted by atomic mass is 10.1. The van der Waals surface area contributed by atoms with Gasteiger partial charge in [0.1, 0.15) is 11.3 Å². The molecule has 0 spiro atoms. The van der Waals surface area contributed by atoms with Gasteiger partial charge in [0.05, 0.1) is 5.88 Å².